The summed E-state index contributed by atoms with van der Waals surface area (Å²) < 4.78 is 1.90. The second-order valence-electron chi connectivity index (χ2n) is 5.28. The fourth-order valence-corrected chi connectivity index (χ4v) is 2.21. The first-order valence-electron chi connectivity index (χ1n) is 7.08. The second kappa shape index (κ2) is 7.04. The van der Waals surface area contributed by atoms with Crippen molar-refractivity contribution in [1.29, 1.82) is 0 Å². The minimum absolute atomic E-state index is 0.0473. The zero-order valence-corrected chi connectivity index (χ0v) is 12.6. The van der Waals surface area contributed by atoms with Gasteiger partial charge in [-0.05, 0) is 18.4 Å². The number of rotatable bonds is 6. The molecule has 1 aromatic heterocycles. The molecule has 0 saturated heterocycles. The standard InChI is InChI=1S/C16H22N4O/c1-19-11-10-18-15(19)12-20(2)16(21)14(17)9-8-13-6-4-3-5-7-13/h3-7,10-11,14H,8-9,12,17H2,1-2H3/t14-/m0/s1. The van der Waals surface area contributed by atoms with Crippen LogP contribution < -0.4 is 5.73 Å². The Morgan fingerprint density at radius 1 is 1.38 bits per heavy atom. The average Bonchev–Trinajstić information content (AvgIpc) is 2.90. The molecular weight excluding hydrogens is 264 g/mol. The number of hydrogen-bond donors (Lipinski definition) is 1. The minimum atomic E-state index is -0.476. The van der Waals surface area contributed by atoms with Gasteiger partial charge in [0.25, 0.3) is 0 Å². The average molecular weight is 286 g/mol. The van der Waals surface area contributed by atoms with Crippen LogP contribution in [-0.4, -0.2) is 33.4 Å². The van der Waals surface area contributed by atoms with Gasteiger partial charge in [0.05, 0.1) is 12.6 Å². The van der Waals surface area contributed by atoms with Gasteiger partial charge in [-0.25, -0.2) is 4.98 Å². The van der Waals surface area contributed by atoms with Gasteiger partial charge in [0.1, 0.15) is 5.82 Å². The first kappa shape index (κ1) is 15.3. The summed E-state index contributed by atoms with van der Waals surface area (Å²) in [6, 6.07) is 9.60. The molecule has 0 aliphatic carbocycles. The molecule has 0 fully saturated rings. The Hall–Kier alpha value is -2.14. The SMILES string of the molecule is CN(Cc1nccn1C)C(=O)[C@@H](N)CCc1ccccc1. The van der Waals surface area contributed by atoms with E-state index in [2.05, 4.69) is 17.1 Å². The first-order valence-corrected chi connectivity index (χ1v) is 7.08. The number of likely N-dealkylation sites (N-methyl/N-ethyl adjacent to an activating group) is 1. The second-order valence-corrected chi connectivity index (χ2v) is 5.28. The van der Waals surface area contributed by atoms with Crippen molar-refractivity contribution in [3.8, 4) is 0 Å². The molecule has 2 rings (SSSR count). The predicted octanol–water partition coefficient (Wildman–Crippen LogP) is 1.34. The smallest absolute Gasteiger partial charge is 0.239 e. The third kappa shape index (κ3) is 4.16. The zero-order valence-electron chi connectivity index (χ0n) is 12.6. The molecule has 2 aromatic rings. The number of aryl methyl sites for hydroxylation is 2. The molecule has 1 aromatic carbocycles. The summed E-state index contributed by atoms with van der Waals surface area (Å²) in [6.45, 7) is 0.474. The molecule has 1 atom stereocenters. The van der Waals surface area contributed by atoms with Gasteiger partial charge < -0.3 is 15.2 Å². The number of aromatic nitrogens is 2. The summed E-state index contributed by atoms with van der Waals surface area (Å²) >= 11 is 0. The van der Waals surface area contributed by atoms with Crippen LogP contribution in [0.3, 0.4) is 0 Å². The molecule has 1 amide bonds. The number of nitrogens with two attached hydrogens (primary N) is 1. The summed E-state index contributed by atoms with van der Waals surface area (Å²) in [6.07, 6.45) is 5.05. The Bertz CT molecular complexity index is 579. The number of nitrogens with zero attached hydrogens (tertiary/aromatic N) is 3. The summed E-state index contributed by atoms with van der Waals surface area (Å²) in [7, 11) is 3.68. The molecule has 0 bridgehead atoms. The van der Waals surface area contributed by atoms with E-state index in [0.29, 0.717) is 13.0 Å². The Morgan fingerprint density at radius 2 is 2.10 bits per heavy atom. The third-order valence-corrected chi connectivity index (χ3v) is 3.58. The Labute approximate surface area is 125 Å². The highest BCUT2D eigenvalue weighted by molar-refractivity contribution is 5.81. The molecule has 112 valence electrons. The first-order chi connectivity index (χ1) is 10.1. The quantitative estimate of drug-likeness (QED) is 0.871. The van der Waals surface area contributed by atoms with E-state index in [-0.39, 0.29) is 5.91 Å². The Kier molecular flexibility index (Phi) is 5.11. The topological polar surface area (TPSA) is 64.2 Å². The molecule has 0 spiro atoms. The van der Waals surface area contributed by atoms with Crippen molar-refractivity contribution in [1.82, 2.24) is 14.5 Å². The molecule has 0 saturated carbocycles. The van der Waals surface area contributed by atoms with Gasteiger partial charge in [-0.3, -0.25) is 4.79 Å². The highest BCUT2D eigenvalue weighted by Gasteiger charge is 2.19. The van der Waals surface area contributed by atoms with Crippen LogP contribution in [0.4, 0.5) is 0 Å². The Morgan fingerprint density at radius 3 is 2.71 bits per heavy atom. The molecule has 0 unspecified atom stereocenters. The monoisotopic (exact) mass is 286 g/mol. The van der Waals surface area contributed by atoms with Crippen LogP contribution in [0.1, 0.15) is 17.8 Å². The van der Waals surface area contributed by atoms with Crippen LogP contribution in [0.2, 0.25) is 0 Å². The lowest BCUT2D eigenvalue weighted by atomic mass is 10.1. The van der Waals surface area contributed by atoms with Crippen LogP contribution in [0.5, 0.6) is 0 Å². The minimum Gasteiger partial charge on any atom is -0.337 e. The summed E-state index contributed by atoms with van der Waals surface area (Å²) in [5.41, 5.74) is 7.22. The van der Waals surface area contributed by atoms with Crippen LogP contribution >= 0.6 is 0 Å². The molecule has 0 aliphatic rings. The van der Waals surface area contributed by atoms with Crippen LogP contribution in [-0.2, 0) is 24.8 Å². The van der Waals surface area contributed by atoms with Gasteiger partial charge in [0, 0.05) is 26.5 Å². The summed E-state index contributed by atoms with van der Waals surface area (Å²) in [5.74, 6) is 0.801. The maximum atomic E-state index is 12.3. The van der Waals surface area contributed by atoms with E-state index in [1.165, 1.54) is 5.56 Å². The highest BCUT2D eigenvalue weighted by atomic mass is 16.2. The zero-order chi connectivity index (χ0) is 15.2. The molecule has 5 heteroatoms. The van der Waals surface area contributed by atoms with E-state index >= 15 is 0 Å². The molecule has 5 nitrogen and oxygen atoms in total. The van der Waals surface area contributed by atoms with Crippen molar-refractivity contribution >= 4 is 5.91 Å². The van der Waals surface area contributed by atoms with Crippen molar-refractivity contribution in [2.24, 2.45) is 12.8 Å². The fourth-order valence-electron chi connectivity index (χ4n) is 2.21. The van der Waals surface area contributed by atoms with Gasteiger partial charge in [-0.1, -0.05) is 30.3 Å². The number of carbonyl (C=O) groups is 1. The van der Waals surface area contributed by atoms with Crippen LogP contribution in [0.25, 0.3) is 0 Å². The number of benzene rings is 1. The van der Waals surface area contributed by atoms with Crippen molar-refractivity contribution in [2.45, 2.75) is 25.4 Å². The maximum absolute atomic E-state index is 12.3. The lowest BCUT2D eigenvalue weighted by molar-refractivity contribution is -0.132. The molecule has 0 aliphatic heterocycles. The van der Waals surface area contributed by atoms with E-state index in [4.69, 9.17) is 5.73 Å². The van der Waals surface area contributed by atoms with Crippen molar-refractivity contribution < 1.29 is 4.79 Å². The molecule has 21 heavy (non-hydrogen) atoms. The highest BCUT2D eigenvalue weighted by Crippen LogP contribution is 2.07. The largest absolute Gasteiger partial charge is 0.337 e. The van der Waals surface area contributed by atoms with Gasteiger partial charge in [-0.2, -0.15) is 0 Å². The van der Waals surface area contributed by atoms with Crippen LogP contribution in [0, 0.1) is 0 Å². The lowest BCUT2D eigenvalue weighted by Crippen LogP contribution is -2.42. The Balaban J connectivity index is 1.85. The van der Waals surface area contributed by atoms with Crippen molar-refractivity contribution in [3.63, 3.8) is 0 Å². The van der Waals surface area contributed by atoms with E-state index < -0.39 is 6.04 Å². The summed E-state index contributed by atoms with van der Waals surface area (Å²) in [4.78, 5) is 18.1. The molecule has 2 N–H and O–H groups in total. The van der Waals surface area contributed by atoms with Crippen molar-refractivity contribution in [2.75, 3.05) is 7.05 Å². The summed E-state index contributed by atoms with van der Waals surface area (Å²) in [5, 5.41) is 0. The van der Waals surface area contributed by atoms with E-state index in [1.54, 1.807) is 18.1 Å². The van der Waals surface area contributed by atoms with E-state index in [1.807, 2.05) is 36.0 Å². The number of imidazole rings is 1. The number of amides is 1. The van der Waals surface area contributed by atoms with Crippen LogP contribution in [0.15, 0.2) is 42.7 Å². The maximum Gasteiger partial charge on any atom is 0.239 e. The fraction of sp³-hybridized carbons (Fsp3) is 0.375. The lowest BCUT2D eigenvalue weighted by Gasteiger charge is -2.21. The van der Waals surface area contributed by atoms with Crippen molar-refractivity contribution in [3.05, 3.63) is 54.1 Å². The molecule has 1 heterocycles. The number of carbonyl (C=O) groups excluding carboxylic acids is 1. The van der Waals surface area contributed by atoms with Gasteiger partial charge >= 0.3 is 0 Å². The molecular formula is C16H22N4O. The predicted molar refractivity (Wildman–Crippen MR) is 82.4 cm³/mol. The third-order valence-electron chi connectivity index (χ3n) is 3.58. The molecule has 0 radical (unpaired) electrons. The van der Waals surface area contributed by atoms with E-state index in [9.17, 15) is 4.79 Å². The van der Waals surface area contributed by atoms with Gasteiger partial charge in [0.2, 0.25) is 5.91 Å². The normalized spacial score (nSPS) is 12.1. The van der Waals surface area contributed by atoms with Gasteiger partial charge in [0.15, 0.2) is 0 Å². The van der Waals surface area contributed by atoms with Gasteiger partial charge in [-0.15, -0.1) is 0 Å². The number of hydrogen-bond acceptors (Lipinski definition) is 3. The van der Waals surface area contributed by atoms with E-state index in [0.717, 1.165) is 12.2 Å².